The van der Waals surface area contributed by atoms with Crippen LogP contribution in [0.1, 0.15) is 15.9 Å². The Morgan fingerprint density at radius 1 is 1.04 bits per heavy atom. The Balaban J connectivity index is 1.58. The third-order valence-electron chi connectivity index (χ3n) is 3.53. The lowest BCUT2D eigenvalue weighted by atomic mass is 10.1. The maximum absolute atomic E-state index is 12.2. The predicted octanol–water partition coefficient (Wildman–Crippen LogP) is 3.48. The zero-order valence-electron chi connectivity index (χ0n) is 13.9. The molecular weight excluding hydrogens is 368 g/mol. The van der Waals surface area contributed by atoms with Gasteiger partial charge < -0.3 is 5.32 Å². The number of thiazole rings is 1. The first-order valence-corrected chi connectivity index (χ1v) is 8.68. The number of benzene rings is 2. The molecule has 0 radical (unpaired) electrons. The number of nitro groups is 1. The molecule has 2 N–H and O–H groups in total. The number of hydrogen-bond acceptors (Lipinski definition) is 6. The number of nitrogens with one attached hydrogen (secondary N) is 2. The van der Waals surface area contributed by atoms with E-state index >= 15 is 0 Å². The maximum atomic E-state index is 12.2. The van der Waals surface area contributed by atoms with Crippen molar-refractivity contribution < 1.29 is 14.5 Å². The van der Waals surface area contributed by atoms with Crippen LogP contribution in [0.25, 0.3) is 0 Å². The van der Waals surface area contributed by atoms with Crippen LogP contribution in [0.15, 0.2) is 60.8 Å². The van der Waals surface area contributed by atoms with Crippen molar-refractivity contribution in [2.24, 2.45) is 0 Å². The molecule has 1 aromatic heterocycles. The normalized spacial score (nSPS) is 10.2. The summed E-state index contributed by atoms with van der Waals surface area (Å²) in [5.74, 6) is -0.602. The van der Waals surface area contributed by atoms with E-state index in [1.165, 1.54) is 0 Å². The number of amides is 2. The first-order valence-electron chi connectivity index (χ1n) is 7.86. The van der Waals surface area contributed by atoms with Gasteiger partial charge in [-0.25, -0.2) is 4.98 Å². The maximum Gasteiger partial charge on any atom is 0.345 e. The van der Waals surface area contributed by atoms with E-state index < -0.39 is 10.8 Å². The molecule has 0 bridgehead atoms. The number of rotatable bonds is 6. The van der Waals surface area contributed by atoms with Crippen molar-refractivity contribution >= 4 is 39.0 Å². The van der Waals surface area contributed by atoms with Crippen molar-refractivity contribution in [3.63, 3.8) is 0 Å². The monoisotopic (exact) mass is 382 g/mol. The molecule has 0 atom stereocenters. The summed E-state index contributed by atoms with van der Waals surface area (Å²) < 4.78 is 0. The predicted molar refractivity (Wildman–Crippen MR) is 102 cm³/mol. The fourth-order valence-electron chi connectivity index (χ4n) is 2.27. The third kappa shape index (κ3) is 4.95. The van der Waals surface area contributed by atoms with Gasteiger partial charge in [0.15, 0.2) is 5.13 Å². The van der Waals surface area contributed by atoms with Crippen molar-refractivity contribution in [1.29, 1.82) is 0 Å². The SMILES string of the molecule is O=C(Cc1ccccc1)Nc1ccc(C(=O)Nc2ncc([N+](=O)[O-])s2)cc1. The van der Waals surface area contributed by atoms with E-state index in [4.69, 9.17) is 0 Å². The molecular formula is C18H14N4O4S. The van der Waals surface area contributed by atoms with Gasteiger partial charge in [0.1, 0.15) is 6.20 Å². The van der Waals surface area contributed by atoms with Crippen LogP contribution in [0.2, 0.25) is 0 Å². The molecule has 0 saturated carbocycles. The lowest BCUT2D eigenvalue weighted by molar-refractivity contribution is -0.380. The number of nitrogens with zero attached hydrogens (tertiary/aromatic N) is 2. The van der Waals surface area contributed by atoms with E-state index in [2.05, 4.69) is 15.6 Å². The number of anilines is 2. The van der Waals surface area contributed by atoms with Gasteiger partial charge in [0.2, 0.25) is 5.91 Å². The second-order valence-corrected chi connectivity index (χ2v) is 6.51. The van der Waals surface area contributed by atoms with Crippen molar-refractivity contribution in [2.75, 3.05) is 10.6 Å². The molecule has 0 aliphatic heterocycles. The highest BCUT2D eigenvalue weighted by Crippen LogP contribution is 2.25. The van der Waals surface area contributed by atoms with Crippen LogP contribution >= 0.6 is 11.3 Å². The van der Waals surface area contributed by atoms with Crippen molar-refractivity contribution in [2.45, 2.75) is 6.42 Å². The lowest BCUT2D eigenvalue weighted by Crippen LogP contribution is -2.15. The second-order valence-electron chi connectivity index (χ2n) is 5.50. The average Bonchev–Trinajstić information content (AvgIpc) is 3.12. The van der Waals surface area contributed by atoms with Gasteiger partial charge in [-0.1, -0.05) is 30.3 Å². The quantitative estimate of drug-likeness (QED) is 0.500. The van der Waals surface area contributed by atoms with Crippen LogP contribution in [-0.2, 0) is 11.2 Å². The first-order chi connectivity index (χ1) is 13.0. The summed E-state index contributed by atoms with van der Waals surface area (Å²) in [5.41, 5.74) is 1.81. The summed E-state index contributed by atoms with van der Waals surface area (Å²) in [6.45, 7) is 0. The highest BCUT2D eigenvalue weighted by atomic mass is 32.1. The Hall–Kier alpha value is -3.59. The topological polar surface area (TPSA) is 114 Å². The first kappa shape index (κ1) is 18.2. The molecule has 0 saturated heterocycles. The van der Waals surface area contributed by atoms with Crippen LogP contribution in [-0.4, -0.2) is 21.7 Å². The number of aromatic nitrogens is 1. The molecule has 3 aromatic rings. The molecule has 136 valence electrons. The second kappa shape index (κ2) is 8.19. The van der Waals surface area contributed by atoms with E-state index in [9.17, 15) is 19.7 Å². The summed E-state index contributed by atoms with van der Waals surface area (Å²) in [6.07, 6.45) is 1.34. The molecule has 0 aliphatic carbocycles. The van der Waals surface area contributed by atoms with Gasteiger partial charge in [-0.15, -0.1) is 0 Å². The van der Waals surface area contributed by atoms with Crippen molar-refractivity contribution in [3.05, 3.63) is 82.0 Å². The van der Waals surface area contributed by atoms with Crippen molar-refractivity contribution in [1.82, 2.24) is 4.98 Å². The van der Waals surface area contributed by atoms with Crippen molar-refractivity contribution in [3.8, 4) is 0 Å². The van der Waals surface area contributed by atoms with Gasteiger partial charge in [0.05, 0.1) is 11.3 Å². The van der Waals surface area contributed by atoms with E-state index in [1.54, 1.807) is 24.3 Å². The van der Waals surface area contributed by atoms with Crippen LogP contribution in [0.3, 0.4) is 0 Å². The summed E-state index contributed by atoms with van der Waals surface area (Å²) >= 11 is 0.777. The minimum Gasteiger partial charge on any atom is -0.326 e. The molecule has 9 heteroatoms. The fourth-order valence-corrected chi connectivity index (χ4v) is 2.90. The Morgan fingerprint density at radius 2 is 1.74 bits per heavy atom. The Morgan fingerprint density at radius 3 is 2.37 bits per heavy atom. The summed E-state index contributed by atoms with van der Waals surface area (Å²) in [7, 11) is 0. The number of carbonyl (C=O) groups excluding carboxylic acids is 2. The van der Waals surface area contributed by atoms with Crippen LogP contribution in [0, 0.1) is 10.1 Å². The van der Waals surface area contributed by atoms with Crippen LogP contribution in [0.4, 0.5) is 15.8 Å². The smallest absolute Gasteiger partial charge is 0.326 e. The third-order valence-corrected chi connectivity index (χ3v) is 4.40. The molecule has 8 nitrogen and oxygen atoms in total. The van der Waals surface area contributed by atoms with Gasteiger partial charge in [0.25, 0.3) is 5.91 Å². The molecule has 0 unspecified atom stereocenters. The summed E-state index contributed by atoms with van der Waals surface area (Å²) in [5, 5.41) is 15.9. The largest absolute Gasteiger partial charge is 0.345 e. The van der Waals surface area contributed by atoms with Gasteiger partial charge >= 0.3 is 5.00 Å². The van der Waals surface area contributed by atoms with Crippen LogP contribution < -0.4 is 10.6 Å². The van der Waals surface area contributed by atoms with E-state index in [0.717, 1.165) is 23.1 Å². The van der Waals surface area contributed by atoms with E-state index in [-0.39, 0.29) is 22.5 Å². The van der Waals surface area contributed by atoms with E-state index in [0.29, 0.717) is 11.3 Å². The van der Waals surface area contributed by atoms with E-state index in [1.807, 2.05) is 30.3 Å². The summed E-state index contributed by atoms with van der Waals surface area (Å²) in [4.78, 5) is 38.1. The lowest BCUT2D eigenvalue weighted by Gasteiger charge is -2.07. The molecule has 0 spiro atoms. The zero-order valence-corrected chi connectivity index (χ0v) is 14.7. The zero-order chi connectivity index (χ0) is 19.2. The molecule has 0 aliphatic rings. The molecule has 3 rings (SSSR count). The van der Waals surface area contributed by atoms with Crippen LogP contribution in [0.5, 0.6) is 0 Å². The van der Waals surface area contributed by atoms with Gasteiger partial charge in [-0.3, -0.25) is 25.0 Å². The van der Waals surface area contributed by atoms with Gasteiger partial charge in [-0.2, -0.15) is 0 Å². The average molecular weight is 382 g/mol. The molecule has 0 fully saturated rings. The highest BCUT2D eigenvalue weighted by molar-refractivity contribution is 7.18. The Labute approximate surface area is 158 Å². The summed E-state index contributed by atoms with van der Waals surface area (Å²) in [6, 6.07) is 15.7. The standard InChI is InChI=1S/C18H14N4O4S/c23-15(10-12-4-2-1-3-5-12)20-14-8-6-13(7-9-14)17(24)21-18-19-11-16(27-18)22(25)26/h1-9,11H,10H2,(H,20,23)(H,19,21,24). The number of carbonyl (C=O) groups is 2. The number of hydrogen-bond donors (Lipinski definition) is 2. The minimum atomic E-state index is -0.569. The fraction of sp³-hybridized carbons (Fsp3) is 0.0556. The molecule has 2 aromatic carbocycles. The Bertz CT molecular complexity index is 971. The molecule has 1 heterocycles. The Kier molecular flexibility index (Phi) is 5.53. The highest BCUT2D eigenvalue weighted by Gasteiger charge is 2.14. The van der Waals surface area contributed by atoms with Gasteiger partial charge in [-0.05, 0) is 41.2 Å². The minimum absolute atomic E-state index is 0.145. The molecule has 2 amide bonds. The van der Waals surface area contributed by atoms with Gasteiger partial charge in [0, 0.05) is 11.3 Å². The molecule has 27 heavy (non-hydrogen) atoms.